The Labute approximate surface area is 162 Å². The number of thiocarbonyl (C=S) groups is 1. The summed E-state index contributed by atoms with van der Waals surface area (Å²) in [5.41, 5.74) is 1.57. The molecule has 0 bridgehead atoms. The smallest absolute Gasteiger partial charge is 0.337 e. The van der Waals surface area contributed by atoms with Gasteiger partial charge in [-0.3, -0.25) is 10.1 Å². The Balaban J connectivity index is 2.14. The Morgan fingerprint density at radius 1 is 1.17 bits per heavy atom. The summed E-state index contributed by atoms with van der Waals surface area (Å²) in [6, 6.07) is 9.86. The number of hydrogen-bond donors (Lipinski definition) is 3. The molecule has 0 unspecified atom stereocenters. The van der Waals surface area contributed by atoms with Crippen molar-refractivity contribution in [1.82, 2.24) is 5.32 Å². The van der Waals surface area contributed by atoms with E-state index in [9.17, 15) is 14.7 Å². The van der Waals surface area contributed by atoms with Crippen LogP contribution in [-0.2, 0) is 0 Å². The normalized spacial score (nSPS) is 10.1. The lowest BCUT2D eigenvalue weighted by molar-refractivity contribution is 0.0697. The number of hydrogen-bond acceptors (Lipinski definition) is 3. The zero-order chi connectivity index (χ0) is 17.9. The van der Waals surface area contributed by atoms with Crippen molar-refractivity contribution in [3.05, 3.63) is 61.7 Å². The fourth-order valence-corrected chi connectivity index (χ4v) is 2.95. The van der Waals surface area contributed by atoms with Crippen molar-refractivity contribution in [2.75, 3.05) is 5.32 Å². The molecule has 0 aliphatic heterocycles. The molecule has 1 amide bonds. The zero-order valence-corrected chi connectivity index (χ0v) is 16.1. The number of aromatic carboxylic acids is 1. The second kappa shape index (κ2) is 7.91. The number of carbonyl (C=O) groups is 2. The van der Waals surface area contributed by atoms with Crippen LogP contribution in [-0.4, -0.2) is 22.1 Å². The van der Waals surface area contributed by atoms with Gasteiger partial charge in [0.15, 0.2) is 5.11 Å². The number of aryl methyl sites for hydroxylation is 1. The standard InChI is InChI=1S/C16H12ClIN2O3S/c1-8-2-4-10(12(17)6-8)14(21)20-16(24)19-13-5-3-9(18)7-11(13)15(22)23/h2-7H,1H3,(H,22,23)(H2,19,20,21,24). The van der Waals surface area contributed by atoms with Crippen LogP contribution in [0.25, 0.3) is 0 Å². The second-order valence-corrected chi connectivity index (χ2v) is 6.95. The number of carboxylic acids is 1. The third kappa shape index (κ3) is 4.65. The number of anilines is 1. The number of carbonyl (C=O) groups excluding carboxylic acids is 1. The van der Waals surface area contributed by atoms with Crippen LogP contribution in [0.4, 0.5) is 5.69 Å². The topological polar surface area (TPSA) is 78.4 Å². The van der Waals surface area contributed by atoms with Crippen molar-refractivity contribution in [2.24, 2.45) is 0 Å². The number of benzene rings is 2. The van der Waals surface area contributed by atoms with Crippen LogP contribution in [0.15, 0.2) is 36.4 Å². The van der Waals surface area contributed by atoms with Crippen molar-refractivity contribution in [3.8, 4) is 0 Å². The lowest BCUT2D eigenvalue weighted by Crippen LogP contribution is -2.34. The molecule has 2 aromatic rings. The van der Waals surface area contributed by atoms with Crippen molar-refractivity contribution in [2.45, 2.75) is 6.92 Å². The molecule has 0 aliphatic carbocycles. The van der Waals surface area contributed by atoms with E-state index in [0.717, 1.165) is 9.13 Å². The first-order chi connectivity index (χ1) is 11.3. The van der Waals surface area contributed by atoms with E-state index in [-0.39, 0.29) is 16.2 Å². The van der Waals surface area contributed by atoms with E-state index in [0.29, 0.717) is 10.7 Å². The van der Waals surface area contributed by atoms with Gasteiger partial charge in [0.05, 0.1) is 21.8 Å². The number of carboxylic acid groups (broad SMARTS) is 1. The van der Waals surface area contributed by atoms with Gasteiger partial charge in [0.1, 0.15) is 0 Å². The molecule has 3 N–H and O–H groups in total. The monoisotopic (exact) mass is 474 g/mol. The molecule has 2 rings (SSSR count). The molecule has 8 heteroatoms. The van der Waals surface area contributed by atoms with Crippen molar-refractivity contribution in [1.29, 1.82) is 0 Å². The van der Waals surface area contributed by atoms with Crippen LogP contribution < -0.4 is 10.6 Å². The van der Waals surface area contributed by atoms with Gasteiger partial charge in [0.2, 0.25) is 0 Å². The maximum atomic E-state index is 12.2. The minimum atomic E-state index is -1.09. The minimum absolute atomic E-state index is 0.0136. The fourth-order valence-electron chi connectivity index (χ4n) is 1.93. The van der Waals surface area contributed by atoms with Crippen LogP contribution >= 0.6 is 46.4 Å². The highest BCUT2D eigenvalue weighted by molar-refractivity contribution is 14.1. The van der Waals surface area contributed by atoms with Gasteiger partial charge in [-0.15, -0.1) is 0 Å². The molecule has 0 aliphatic rings. The number of amides is 1. The van der Waals surface area contributed by atoms with Crippen LogP contribution in [0.2, 0.25) is 5.02 Å². The van der Waals surface area contributed by atoms with Crippen LogP contribution in [0.3, 0.4) is 0 Å². The molecule has 0 atom stereocenters. The lowest BCUT2D eigenvalue weighted by atomic mass is 10.1. The average Bonchev–Trinajstić information content (AvgIpc) is 2.48. The highest BCUT2D eigenvalue weighted by atomic mass is 127. The number of halogens is 2. The summed E-state index contributed by atoms with van der Waals surface area (Å²) in [7, 11) is 0. The molecule has 0 spiro atoms. The third-order valence-electron chi connectivity index (χ3n) is 3.06. The van der Waals surface area contributed by atoms with Crippen LogP contribution in [0.5, 0.6) is 0 Å². The summed E-state index contributed by atoms with van der Waals surface area (Å²) in [6.07, 6.45) is 0. The highest BCUT2D eigenvalue weighted by Gasteiger charge is 2.15. The molecular formula is C16H12ClIN2O3S. The molecule has 0 saturated heterocycles. The van der Waals surface area contributed by atoms with Gasteiger partial charge in [0, 0.05) is 3.57 Å². The second-order valence-electron chi connectivity index (χ2n) is 4.89. The maximum Gasteiger partial charge on any atom is 0.337 e. The Bertz CT molecular complexity index is 842. The molecule has 124 valence electrons. The first kappa shape index (κ1) is 18.6. The van der Waals surface area contributed by atoms with Gasteiger partial charge in [-0.05, 0) is 77.6 Å². The molecule has 0 radical (unpaired) electrons. The molecular weight excluding hydrogens is 463 g/mol. The SMILES string of the molecule is Cc1ccc(C(=O)NC(=S)Nc2ccc(I)cc2C(=O)O)c(Cl)c1. The van der Waals surface area contributed by atoms with E-state index in [4.69, 9.17) is 23.8 Å². The first-order valence-corrected chi connectivity index (χ1v) is 8.55. The summed E-state index contributed by atoms with van der Waals surface area (Å²) < 4.78 is 0.775. The molecule has 0 saturated carbocycles. The van der Waals surface area contributed by atoms with Gasteiger partial charge >= 0.3 is 5.97 Å². The summed E-state index contributed by atoms with van der Waals surface area (Å²) >= 11 is 13.1. The largest absolute Gasteiger partial charge is 0.478 e. The summed E-state index contributed by atoms with van der Waals surface area (Å²) in [5.74, 6) is -1.56. The van der Waals surface area contributed by atoms with Crippen LogP contribution in [0, 0.1) is 10.5 Å². The number of nitrogens with one attached hydrogen (secondary N) is 2. The molecule has 0 heterocycles. The Kier molecular flexibility index (Phi) is 6.14. The Morgan fingerprint density at radius 2 is 1.88 bits per heavy atom. The molecule has 0 aromatic heterocycles. The van der Waals surface area contributed by atoms with E-state index in [1.807, 2.05) is 29.5 Å². The van der Waals surface area contributed by atoms with Gasteiger partial charge in [0.25, 0.3) is 5.91 Å². The molecule has 24 heavy (non-hydrogen) atoms. The third-order valence-corrected chi connectivity index (χ3v) is 4.24. The average molecular weight is 475 g/mol. The number of rotatable bonds is 3. The van der Waals surface area contributed by atoms with Crippen molar-refractivity contribution in [3.63, 3.8) is 0 Å². The van der Waals surface area contributed by atoms with Crippen molar-refractivity contribution < 1.29 is 14.7 Å². The molecule has 2 aromatic carbocycles. The van der Waals surface area contributed by atoms with E-state index >= 15 is 0 Å². The predicted molar refractivity (Wildman–Crippen MR) is 106 cm³/mol. The summed E-state index contributed by atoms with van der Waals surface area (Å²) in [4.78, 5) is 23.5. The minimum Gasteiger partial charge on any atom is -0.478 e. The van der Waals surface area contributed by atoms with E-state index < -0.39 is 11.9 Å². The van der Waals surface area contributed by atoms with Crippen molar-refractivity contribution >= 4 is 69.1 Å². The lowest BCUT2D eigenvalue weighted by Gasteiger charge is -2.12. The quantitative estimate of drug-likeness (QED) is 0.462. The van der Waals surface area contributed by atoms with Gasteiger partial charge in [-0.25, -0.2) is 4.79 Å². The molecule has 5 nitrogen and oxygen atoms in total. The zero-order valence-electron chi connectivity index (χ0n) is 12.4. The van der Waals surface area contributed by atoms with E-state index in [1.165, 1.54) is 6.07 Å². The van der Waals surface area contributed by atoms with Gasteiger partial charge < -0.3 is 10.4 Å². The van der Waals surface area contributed by atoms with E-state index in [2.05, 4.69) is 10.6 Å². The fraction of sp³-hybridized carbons (Fsp3) is 0.0625. The summed E-state index contributed by atoms with van der Waals surface area (Å²) in [5, 5.41) is 14.7. The Morgan fingerprint density at radius 3 is 2.50 bits per heavy atom. The van der Waals surface area contributed by atoms with E-state index in [1.54, 1.807) is 30.3 Å². The predicted octanol–water partition coefficient (Wildman–Crippen LogP) is 4.08. The van der Waals surface area contributed by atoms with Crippen LogP contribution in [0.1, 0.15) is 26.3 Å². The maximum absolute atomic E-state index is 12.2. The highest BCUT2D eigenvalue weighted by Crippen LogP contribution is 2.20. The van der Waals surface area contributed by atoms with Gasteiger partial charge in [-0.2, -0.15) is 0 Å². The Hall–Kier alpha value is -1.71. The molecule has 0 fully saturated rings. The summed E-state index contributed by atoms with van der Waals surface area (Å²) in [6.45, 7) is 1.87. The first-order valence-electron chi connectivity index (χ1n) is 6.69. The van der Waals surface area contributed by atoms with Gasteiger partial charge in [-0.1, -0.05) is 17.7 Å².